The molecule has 1 saturated carbocycles. The summed E-state index contributed by atoms with van der Waals surface area (Å²) in [5.41, 5.74) is 0.323. The normalized spacial score (nSPS) is 15.0. The Bertz CT molecular complexity index is 996. The highest BCUT2D eigenvalue weighted by atomic mass is 79.9. The van der Waals surface area contributed by atoms with Gasteiger partial charge < -0.3 is 0 Å². The Morgan fingerprint density at radius 3 is 2.59 bits per heavy atom. The van der Waals surface area contributed by atoms with Gasteiger partial charge in [0.1, 0.15) is 5.82 Å². The van der Waals surface area contributed by atoms with Crippen LogP contribution in [0.4, 0.5) is 19.0 Å². The van der Waals surface area contributed by atoms with Crippen LogP contribution in [0.1, 0.15) is 35.2 Å². The van der Waals surface area contributed by atoms with E-state index in [1.54, 1.807) is 29.0 Å². The predicted molar refractivity (Wildman–Crippen MR) is 96.6 cm³/mol. The van der Waals surface area contributed by atoms with E-state index in [9.17, 15) is 18.0 Å². The number of anilines is 1. The van der Waals surface area contributed by atoms with Crippen LogP contribution in [-0.4, -0.2) is 26.5 Å². The highest BCUT2D eigenvalue weighted by Gasteiger charge is 2.34. The van der Waals surface area contributed by atoms with Crippen LogP contribution in [0.5, 0.6) is 0 Å². The van der Waals surface area contributed by atoms with Gasteiger partial charge in [-0.05, 0) is 59.5 Å². The number of aromatic nitrogens is 3. The van der Waals surface area contributed by atoms with Crippen molar-refractivity contribution in [3.8, 4) is 0 Å². The lowest BCUT2D eigenvalue weighted by molar-refractivity contribution is -0.137. The standard InChI is InChI=1S/C18H14BrF3N4O/c19-14-10-24-25-7-6-11(8-15(14)25)17(27)26(13-2-1-3-13)16-5-4-12(9-23-16)18(20,21)22/h4-10,13H,1-3H2. The molecule has 0 unspecified atom stereocenters. The molecule has 3 heterocycles. The van der Waals surface area contributed by atoms with Gasteiger partial charge >= 0.3 is 6.18 Å². The molecule has 0 N–H and O–H groups in total. The fourth-order valence-electron chi connectivity index (χ4n) is 3.02. The maximum absolute atomic E-state index is 13.2. The minimum atomic E-state index is -4.46. The summed E-state index contributed by atoms with van der Waals surface area (Å²) in [5.74, 6) is -0.0623. The average molecular weight is 439 g/mol. The molecule has 0 spiro atoms. The summed E-state index contributed by atoms with van der Waals surface area (Å²) in [4.78, 5) is 18.6. The third kappa shape index (κ3) is 3.31. The summed E-state index contributed by atoms with van der Waals surface area (Å²) < 4.78 is 40.8. The molecule has 1 fully saturated rings. The minimum absolute atomic E-state index is 0.0636. The molecule has 4 rings (SSSR count). The van der Waals surface area contributed by atoms with Crippen molar-refractivity contribution in [1.82, 2.24) is 14.6 Å². The zero-order chi connectivity index (χ0) is 19.2. The topological polar surface area (TPSA) is 50.5 Å². The Morgan fingerprint density at radius 2 is 2.00 bits per heavy atom. The second-order valence-electron chi connectivity index (χ2n) is 6.40. The number of alkyl halides is 3. The van der Waals surface area contributed by atoms with Gasteiger partial charge in [0, 0.05) is 24.0 Å². The van der Waals surface area contributed by atoms with Crippen LogP contribution in [0, 0.1) is 0 Å². The molecule has 5 nitrogen and oxygen atoms in total. The van der Waals surface area contributed by atoms with Crippen LogP contribution in [0.2, 0.25) is 0 Å². The molecule has 0 radical (unpaired) electrons. The number of carbonyl (C=O) groups excluding carboxylic acids is 1. The third-order valence-corrected chi connectivity index (χ3v) is 5.31. The first-order chi connectivity index (χ1) is 12.8. The molecule has 3 aromatic rings. The number of amides is 1. The lowest BCUT2D eigenvalue weighted by Gasteiger charge is -2.37. The summed E-state index contributed by atoms with van der Waals surface area (Å²) >= 11 is 3.39. The van der Waals surface area contributed by atoms with E-state index < -0.39 is 11.7 Å². The maximum atomic E-state index is 13.2. The van der Waals surface area contributed by atoms with Gasteiger partial charge in [-0.1, -0.05) is 0 Å². The van der Waals surface area contributed by atoms with Crippen molar-refractivity contribution in [3.05, 3.63) is 58.5 Å². The molecule has 1 aliphatic rings. The highest BCUT2D eigenvalue weighted by Crippen LogP contribution is 2.33. The number of halogens is 4. The molecule has 0 saturated heterocycles. The summed E-state index contributed by atoms with van der Waals surface area (Å²) in [6, 6.07) is 5.50. The molecule has 3 aromatic heterocycles. The fraction of sp³-hybridized carbons (Fsp3) is 0.278. The Balaban J connectivity index is 1.70. The van der Waals surface area contributed by atoms with Gasteiger partial charge in [0.25, 0.3) is 5.91 Å². The number of rotatable bonds is 3. The summed E-state index contributed by atoms with van der Waals surface area (Å²) in [5, 5.41) is 4.14. The van der Waals surface area contributed by atoms with Crippen molar-refractivity contribution in [3.63, 3.8) is 0 Å². The number of hydrogen-bond acceptors (Lipinski definition) is 3. The molecule has 0 aromatic carbocycles. The van der Waals surface area contributed by atoms with Gasteiger partial charge in [-0.3, -0.25) is 9.69 Å². The Hall–Kier alpha value is -2.42. The first kappa shape index (κ1) is 18.0. The van der Waals surface area contributed by atoms with Crippen LogP contribution < -0.4 is 4.90 Å². The van der Waals surface area contributed by atoms with Crippen LogP contribution in [-0.2, 0) is 6.18 Å². The van der Waals surface area contributed by atoms with Gasteiger partial charge in [-0.15, -0.1) is 0 Å². The van der Waals surface area contributed by atoms with E-state index in [-0.39, 0.29) is 17.8 Å². The zero-order valence-electron chi connectivity index (χ0n) is 13.9. The van der Waals surface area contributed by atoms with E-state index in [1.807, 2.05) is 0 Å². The summed E-state index contributed by atoms with van der Waals surface area (Å²) in [6.07, 6.45) is 2.18. The predicted octanol–water partition coefficient (Wildman–Crippen LogP) is 4.71. The second-order valence-corrected chi connectivity index (χ2v) is 7.25. The van der Waals surface area contributed by atoms with Gasteiger partial charge in [-0.2, -0.15) is 18.3 Å². The fourth-order valence-corrected chi connectivity index (χ4v) is 3.41. The number of carbonyl (C=O) groups is 1. The third-order valence-electron chi connectivity index (χ3n) is 4.70. The van der Waals surface area contributed by atoms with Crippen molar-refractivity contribution in [2.24, 2.45) is 0 Å². The Kier molecular flexibility index (Phi) is 4.41. The van der Waals surface area contributed by atoms with Gasteiger partial charge in [-0.25, -0.2) is 9.50 Å². The molecule has 9 heteroatoms. The van der Waals surface area contributed by atoms with E-state index in [0.29, 0.717) is 5.56 Å². The number of pyridine rings is 2. The van der Waals surface area contributed by atoms with E-state index in [2.05, 4.69) is 26.0 Å². The van der Waals surface area contributed by atoms with Crippen molar-refractivity contribution >= 4 is 33.2 Å². The number of hydrogen-bond donors (Lipinski definition) is 0. The van der Waals surface area contributed by atoms with Gasteiger partial charge in [0.2, 0.25) is 0 Å². The first-order valence-corrected chi connectivity index (χ1v) is 9.13. The highest BCUT2D eigenvalue weighted by molar-refractivity contribution is 9.10. The first-order valence-electron chi connectivity index (χ1n) is 8.34. The second kappa shape index (κ2) is 6.63. The maximum Gasteiger partial charge on any atom is 0.417 e. The molecule has 0 bridgehead atoms. The molecule has 1 amide bonds. The molecule has 27 heavy (non-hydrogen) atoms. The van der Waals surface area contributed by atoms with E-state index in [1.165, 1.54) is 11.0 Å². The lowest BCUT2D eigenvalue weighted by atomic mass is 9.91. The van der Waals surface area contributed by atoms with Crippen LogP contribution in [0.25, 0.3) is 5.52 Å². The zero-order valence-corrected chi connectivity index (χ0v) is 15.5. The number of nitrogens with zero attached hydrogens (tertiary/aromatic N) is 4. The number of fused-ring (bicyclic) bond motifs is 1. The van der Waals surface area contributed by atoms with E-state index >= 15 is 0 Å². The summed E-state index contributed by atoms with van der Waals surface area (Å²) in [7, 11) is 0. The van der Waals surface area contributed by atoms with Crippen molar-refractivity contribution in [1.29, 1.82) is 0 Å². The average Bonchev–Trinajstić information content (AvgIpc) is 2.97. The largest absolute Gasteiger partial charge is 0.417 e. The van der Waals surface area contributed by atoms with Crippen molar-refractivity contribution < 1.29 is 18.0 Å². The van der Waals surface area contributed by atoms with Gasteiger partial charge in [0.15, 0.2) is 0 Å². The Morgan fingerprint density at radius 1 is 1.22 bits per heavy atom. The minimum Gasteiger partial charge on any atom is -0.290 e. The van der Waals surface area contributed by atoms with E-state index in [0.717, 1.165) is 41.5 Å². The summed E-state index contributed by atoms with van der Waals surface area (Å²) in [6.45, 7) is 0. The SMILES string of the molecule is O=C(c1ccn2ncc(Br)c2c1)N(c1ccc(C(F)(F)F)cn1)C1CCC1. The molecule has 140 valence electrons. The van der Waals surface area contributed by atoms with Crippen LogP contribution in [0.15, 0.2) is 47.3 Å². The molecule has 0 atom stereocenters. The Labute approximate surface area is 160 Å². The lowest BCUT2D eigenvalue weighted by Crippen LogP contribution is -2.45. The smallest absolute Gasteiger partial charge is 0.290 e. The van der Waals surface area contributed by atoms with Crippen LogP contribution in [0.3, 0.4) is 0 Å². The monoisotopic (exact) mass is 438 g/mol. The van der Waals surface area contributed by atoms with Crippen molar-refractivity contribution in [2.75, 3.05) is 4.90 Å². The molecular formula is C18H14BrF3N4O. The van der Waals surface area contributed by atoms with E-state index in [4.69, 9.17) is 0 Å². The quantitative estimate of drug-likeness (QED) is 0.594. The van der Waals surface area contributed by atoms with Gasteiger partial charge in [0.05, 0.1) is 21.7 Å². The van der Waals surface area contributed by atoms with Crippen molar-refractivity contribution in [2.45, 2.75) is 31.5 Å². The molecule has 0 aliphatic heterocycles. The molecule has 1 aliphatic carbocycles. The van der Waals surface area contributed by atoms with Crippen LogP contribution >= 0.6 is 15.9 Å². The molecular weight excluding hydrogens is 425 g/mol.